The highest BCUT2D eigenvalue weighted by Gasteiger charge is 2.24. The molecule has 3 nitrogen and oxygen atoms in total. The van der Waals surface area contributed by atoms with E-state index in [1.807, 2.05) is 0 Å². The monoisotopic (exact) mass is 675 g/mol. The highest BCUT2D eigenvalue weighted by atomic mass is 35.5. The molecule has 0 fully saturated rings. The summed E-state index contributed by atoms with van der Waals surface area (Å²) >= 11 is 6.56. The van der Waals surface area contributed by atoms with E-state index in [4.69, 9.17) is 16.6 Å². The molecular formula is C47H34ClN3. The predicted octanol–water partition coefficient (Wildman–Crippen LogP) is 12.7. The summed E-state index contributed by atoms with van der Waals surface area (Å²) in [6.45, 7) is 0. The molecule has 0 spiro atoms. The van der Waals surface area contributed by atoms with Crippen LogP contribution in [-0.4, -0.2) is 14.1 Å². The first-order valence-corrected chi connectivity index (χ1v) is 18.2. The van der Waals surface area contributed by atoms with Crippen molar-refractivity contribution in [1.82, 2.24) is 14.1 Å². The van der Waals surface area contributed by atoms with Crippen molar-refractivity contribution in [2.75, 3.05) is 0 Å². The van der Waals surface area contributed by atoms with Crippen LogP contribution in [0.15, 0.2) is 157 Å². The number of halogens is 1. The number of nitrogens with zero attached hydrogens (tertiary/aromatic N) is 3. The largest absolute Gasteiger partial charge is 0.311 e. The minimum absolute atomic E-state index is 0.874. The highest BCUT2D eigenvalue weighted by molar-refractivity contribution is 6.30. The summed E-state index contributed by atoms with van der Waals surface area (Å²) in [5.41, 5.74) is 15.0. The van der Waals surface area contributed by atoms with Gasteiger partial charge in [-0.25, -0.2) is 4.98 Å². The molecule has 0 saturated carbocycles. The molecule has 244 valence electrons. The van der Waals surface area contributed by atoms with Crippen molar-refractivity contribution in [2.45, 2.75) is 25.7 Å². The maximum atomic E-state index is 6.56. The molecule has 3 aromatic heterocycles. The molecule has 5 aromatic carbocycles. The molecule has 0 atom stereocenters. The SMILES string of the molecule is ClC1=CC(c2cc(-c3ccccc3)cc(-c3cccc(-n4c5c(c6ccc7c8ccccc8n(-c8ccccc8)c7c64)C=CCC5)c3)n2)=CCC1. The summed E-state index contributed by atoms with van der Waals surface area (Å²) in [7, 11) is 0. The zero-order chi connectivity index (χ0) is 33.9. The van der Waals surface area contributed by atoms with Gasteiger partial charge in [-0.3, -0.25) is 0 Å². The number of benzene rings is 5. The lowest BCUT2D eigenvalue weighted by Gasteiger charge is -2.17. The molecule has 4 heteroatoms. The van der Waals surface area contributed by atoms with Gasteiger partial charge in [0.2, 0.25) is 0 Å². The van der Waals surface area contributed by atoms with Crippen LogP contribution in [0.5, 0.6) is 0 Å². The molecule has 8 aromatic rings. The zero-order valence-corrected chi connectivity index (χ0v) is 28.8. The van der Waals surface area contributed by atoms with Gasteiger partial charge in [-0.1, -0.05) is 121 Å². The fourth-order valence-electron chi connectivity index (χ4n) is 8.15. The summed E-state index contributed by atoms with van der Waals surface area (Å²) in [5.74, 6) is 0. The summed E-state index contributed by atoms with van der Waals surface area (Å²) < 4.78 is 4.99. The quantitative estimate of drug-likeness (QED) is 0.178. The Morgan fingerprint density at radius 3 is 2.14 bits per heavy atom. The fraction of sp³-hybridized carbons (Fsp3) is 0.0851. The number of rotatable bonds is 5. The van der Waals surface area contributed by atoms with Gasteiger partial charge in [-0.15, -0.1) is 0 Å². The van der Waals surface area contributed by atoms with Crippen LogP contribution in [0.25, 0.3) is 78.1 Å². The van der Waals surface area contributed by atoms with Crippen molar-refractivity contribution < 1.29 is 0 Å². The Hall–Kier alpha value is -5.90. The third-order valence-electron chi connectivity index (χ3n) is 10.4. The molecule has 0 radical (unpaired) electrons. The first kappa shape index (κ1) is 30.0. The standard InChI is InChI=1S/C47H34ClN3/c48-35-17-11-15-32(27-35)42-29-34(31-13-3-1-4-14-31)30-43(49-42)33-16-12-20-37(28-33)51-45-24-10-8-22-39(45)41-26-25-40-38-21-7-9-23-44(38)50(46(40)47(41)51)36-18-5-2-6-19-36/h1-9,12-16,18-23,25-30H,10-11,17,24H2. The van der Waals surface area contributed by atoms with Gasteiger partial charge in [0.25, 0.3) is 0 Å². The van der Waals surface area contributed by atoms with Crippen molar-refractivity contribution in [3.8, 4) is 33.8 Å². The van der Waals surface area contributed by atoms with Crippen LogP contribution in [0.4, 0.5) is 0 Å². The van der Waals surface area contributed by atoms with Gasteiger partial charge in [-0.05, 0) is 90.9 Å². The van der Waals surface area contributed by atoms with Crippen molar-refractivity contribution >= 4 is 56.0 Å². The normalized spacial score (nSPS) is 14.2. The van der Waals surface area contributed by atoms with Crippen LogP contribution < -0.4 is 0 Å². The summed E-state index contributed by atoms with van der Waals surface area (Å²) in [6.07, 6.45) is 12.8. The first-order chi connectivity index (χ1) is 25.2. The van der Waals surface area contributed by atoms with E-state index in [1.165, 1.54) is 49.5 Å². The second-order valence-corrected chi connectivity index (χ2v) is 14.0. The second kappa shape index (κ2) is 12.2. The number of allylic oxidation sites excluding steroid dienone is 5. The van der Waals surface area contributed by atoms with Crippen LogP contribution in [0.1, 0.15) is 36.2 Å². The Labute approximate surface area is 302 Å². The fourth-order valence-corrected chi connectivity index (χ4v) is 8.38. The van der Waals surface area contributed by atoms with Crippen LogP contribution >= 0.6 is 11.6 Å². The zero-order valence-electron chi connectivity index (χ0n) is 28.1. The van der Waals surface area contributed by atoms with Crippen LogP contribution in [0.2, 0.25) is 0 Å². The smallest absolute Gasteiger partial charge is 0.0788 e. The molecular weight excluding hydrogens is 642 g/mol. The number of aromatic nitrogens is 3. The van der Waals surface area contributed by atoms with Crippen LogP contribution in [-0.2, 0) is 6.42 Å². The lowest BCUT2D eigenvalue weighted by molar-refractivity contribution is 0.889. The minimum atomic E-state index is 0.874. The van der Waals surface area contributed by atoms with E-state index in [-0.39, 0.29) is 0 Å². The molecule has 2 aliphatic rings. The van der Waals surface area contributed by atoms with E-state index in [2.05, 4.69) is 167 Å². The van der Waals surface area contributed by atoms with Crippen LogP contribution in [0.3, 0.4) is 0 Å². The number of para-hydroxylation sites is 2. The Morgan fingerprint density at radius 2 is 1.27 bits per heavy atom. The van der Waals surface area contributed by atoms with Gasteiger partial charge < -0.3 is 9.13 Å². The Bertz CT molecular complexity index is 2740. The summed E-state index contributed by atoms with van der Waals surface area (Å²) in [5, 5.41) is 4.67. The first-order valence-electron chi connectivity index (χ1n) is 17.8. The van der Waals surface area contributed by atoms with Crippen LogP contribution in [0, 0.1) is 0 Å². The summed E-state index contributed by atoms with van der Waals surface area (Å²) in [6, 6.07) is 48.2. The van der Waals surface area contributed by atoms with E-state index in [1.54, 1.807) is 0 Å². The lowest BCUT2D eigenvalue weighted by atomic mass is 9.97. The maximum Gasteiger partial charge on any atom is 0.0788 e. The Kier molecular flexibility index (Phi) is 7.14. The lowest BCUT2D eigenvalue weighted by Crippen LogP contribution is -2.04. The molecule has 2 aliphatic carbocycles. The van der Waals surface area contributed by atoms with Gasteiger partial charge in [0.1, 0.15) is 0 Å². The molecule has 0 amide bonds. The third-order valence-corrected chi connectivity index (χ3v) is 10.7. The molecule has 3 heterocycles. The van der Waals surface area contributed by atoms with Gasteiger partial charge in [0.15, 0.2) is 0 Å². The van der Waals surface area contributed by atoms with E-state index in [0.717, 1.165) is 70.2 Å². The van der Waals surface area contributed by atoms with Gasteiger partial charge in [0.05, 0.1) is 27.9 Å². The van der Waals surface area contributed by atoms with Crippen molar-refractivity contribution in [3.05, 3.63) is 174 Å². The number of fused-ring (bicyclic) bond motifs is 7. The summed E-state index contributed by atoms with van der Waals surface area (Å²) in [4.78, 5) is 5.30. The molecule has 51 heavy (non-hydrogen) atoms. The molecule has 0 N–H and O–H groups in total. The highest BCUT2D eigenvalue weighted by Crippen LogP contribution is 2.43. The average molecular weight is 676 g/mol. The van der Waals surface area contributed by atoms with Crippen molar-refractivity contribution in [1.29, 1.82) is 0 Å². The van der Waals surface area contributed by atoms with Gasteiger partial charge in [-0.2, -0.15) is 0 Å². The Morgan fingerprint density at radius 1 is 0.549 bits per heavy atom. The average Bonchev–Trinajstić information content (AvgIpc) is 3.72. The topological polar surface area (TPSA) is 22.8 Å². The number of hydrogen-bond acceptors (Lipinski definition) is 1. The van der Waals surface area contributed by atoms with E-state index >= 15 is 0 Å². The van der Waals surface area contributed by atoms with Gasteiger partial charge >= 0.3 is 0 Å². The maximum absolute atomic E-state index is 6.56. The molecule has 0 unspecified atom stereocenters. The van der Waals surface area contributed by atoms with Crippen molar-refractivity contribution in [2.24, 2.45) is 0 Å². The Balaban J connectivity index is 1.24. The number of pyridine rings is 1. The van der Waals surface area contributed by atoms with E-state index in [0.29, 0.717) is 0 Å². The molecule has 0 aliphatic heterocycles. The minimum Gasteiger partial charge on any atom is -0.311 e. The molecule has 0 bridgehead atoms. The third kappa shape index (κ3) is 4.99. The van der Waals surface area contributed by atoms with E-state index in [9.17, 15) is 0 Å². The van der Waals surface area contributed by atoms with E-state index < -0.39 is 0 Å². The molecule has 10 rings (SSSR count). The van der Waals surface area contributed by atoms with Gasteiger partial charge in [0, 0.05) is 49.4 Å². The molecule has 0 saturated heterocycles. The van der Waals surface area contributed by atoms with Crippen molar-refractivity contribution in [3.63, 3.8) is 0 Å². The second-order valence-electron chi connectivity index (χ2n) is 13.5. The number of hydrogen-bond donors (Lipinski definition) is 0. The predicted molar refractivity (Wildman–Crippen MR) is 215 cm³/mol.